The average molecular weight is 292 g/mol. The zero-order valence-corrected chi connectivity index (χ0v) is 13.7. The van der Waals surface area contributed by atoms with E-state index in [0.29, 0.717) is 11.8 Å². The minimum atomic E-state index is 0.616. The van der Waals surface area contributed by atoms with E-state index in [0.717, 1.165) is 51.0 Å². The first-order valence-corrected chi connectivity index (χ1v) is 7.96. The SMILES string of the molecule is CC(C)CN(CC(C)C)c1cc(N2CCOCC2)ncn1. The van der Waals surface area contributed by atoms with E-state index in [1.807, 2.05) is 0 Å². The molecule has 1 aliphatic rings. The Hall–Kier alpha value is -1.36. The number of rotatable bonds is 6. The van der Waals surface area contributed by atoms with Crippen molar-refractivity contribution in [2.75, 3.05) is 49.2 Å². The number of ether oxygens (including phenoxy) is 1. The molecule has 2 heterocycles. The van der Waals surface area contributed by atoms with Crippen LogP contribution in [0.25, 0.3) is 0 Å². The van der Waals surface area contributed by atoms with Crippen LogP contribution in [0.15, 0.2) is 12.4 Å². The molecule has 0 spiro atoms. The van der Waals surface area contributed by atoms with Crippen LogP contribution in [0.2, 0.25) is 0 Å². The van der Waals surface area contributed by atoms with Gasteiger partial charge in [0, 0.05) is 32.2 Å². The highest BCUT2D eigenvalue weighted by atomic mass is 16.5. The van der Waals surface area contributed by atoms with E-state index in [2.05, 4.69) is 53.5 Å². The number of aromatic nitrogens is 2. The van der Waals surface area contributed by atoms with Crippen molar-refractivity contribution in [2.24, 2.45) is 11.8 Å². The van der Waals surface area contributed by atoms with Gasteiger partial charge in [0.05, 0.1) is 13.2 Å². The van der Waals surface area contributed by atoms with Crippen molar-refractivity contribution in [3.63, 3.8) is 0 Å². The normalized spacial score (nSPS) is 15.8. The van der Waals surface area contributed by atoms with Crippen molar-refractivity contribution < 1.29 is 4.74 Å². The first kappa shape index (κ1) is 16.0. The maximum Gasteiger partial charge on any atom is 0.134 e. The van der Waals surface area contributed by atoms with Crippen LogP contribution in [0.4, 0.5) is 11.6 Å². The lowest BCUT2D eigenvalue weighted by Gasteiger charge is -2.30. The molecule has 0 bridgehead atoms. The highest BCUT2D eigenvalue weighted by Crippen LogP contribution is 2.20. The molecule has 21 heavy (non-hydrogen) atoms. The number of anilines is 2. The van der Waals surface area contributed by atoms with Crippen LogP contribution in [0, 0.1) is 11.8 Å². The Morgan fingerprint density at radius 3 is 2.29 bits per heavy atom. The van der Waals surface area contributed by atoms with Gasteiger partial charge in [-0.25, -0.2) is 9.97 Å². The van der Waals surface area contributed by atoms with Gasteiger partial charge in [0.15, 0.2) is 0 Å². The van der Waals surface area contributed by atoms with Crippen molar-refractivity contribution in [3.8, 4) is 0 Å². The molecule has 2 rings (SSSR count). The van der Waals surface area contributed by atoms with Gasteiger partial charge in [-0.05, 0) is 11.8 Å². The highest BCUT2D eigenvalue weighted by molar-refractivity contribution is 5.50. The fraction of sp³-hybridized carbons (Fsp3) is 0.750. The Morgan fingerprint density at radius 2 is 1.71 bits per heavy atom. The third-order valence-electron chi connectivity index (χ3n) is 3.47. The van der Waals surface area contributed by atoms with Crippen molar-refractivity contribution in [1.29, 1.82) is 0 Å². The van der Waals surface area contributed by atoms with Crippen LogP contribution < -0.4 is 9.80 Å². The van der Waals surface area contributed by atoms with Crippen molar-refractivity contribution in [1.82, 2.24) is 9.97 Å². The molecule has 118 valence electrons. The van der Waals surface area contributed by atoms with Gasteiger partial charge < -0.3 is 14.5 Å². The van der Waals surface area contributed by atoms with Crippen LogP contribution in [0.3, 0.4) is 0 Å². The van der Waals surface area contributed by atoms with E-state index < -0.39 is 0 Å². The number of hydrogen-bond donors (Lipinski definition) is 0. The summed E-state index contributed by atoms with van der Waals surface area (Å²) in [6.07, 6.45) is 1.69. The first-order chi connectivity index (χ1) is 10.1. The molecule has 0 atom stereocenters. The summed E-state index contributed by atoms with van der Waals surface area (Å²) < 4.78 is 5.41. The minimum Gasteiger partial charge on any atom is -0.378 e. The van der Waals surface area contributed by atoms with Gasteiger partial charge in [0.25, 0.3) is 0 Å². The second-order valence-corrected chi connectivity index (χ2v) is 6.53. The Labute approximate surface area is 128 Å². The summed E-state index contributed by atoms with van der Waals surface area (Å²) >= 11 is 0. The van der Waals surface area contributed by atoms with E-state index in [4.69, 9.17) is 4.74 Å². The lowest BCUT2D eigenvalue weighted by molar-refractivity contribution is 0.122. The zero-order chi connectivity index (χ0) is 15.2. The van der Waals surface area contributed by atoms with E-state index in [9.17, 15) is 0 Å². The van der Waals surface area contributed by atoms with E-state index in [1.165, 1.54) is 0 Å². The van der Waals surface area contributed by atoms with E-state index >= 15 is 0 Å². The van der Waals surface area contributed by atoms with Crippen LogP contribution in [0.1, 0.15) is 27.7 Å². The monoisotopic (exact) mass is 292 g/mol. The standard InChI is InChI=1S/C16H28N4O/c1-13(2)10-20(11-14(3)4)16-9-15(17-12-18-16)19-5-7-21-8-6-19/h9,12-14H,5-8,10-11H2,1-4H3. The molecule has 0 unspecified atom stereocenters. The molecule has 1 aliphatic heterocycles. The average Bonchev–Trinajstić information content (AvgIpc) is 2.47. The van der Waals surface area contributed by atoms with Crippen LogP contribution in [0.5, 0.6) is 0 Å². The Morgan fingerprint density at radius 1 is 1.10 bits per heavy atom. The maximum atomic E-state index is 5.41. The van der Waals surface area contributed by atoms with Gasteiger partial charge in [0.1, 0.15) is 18.0 Å². The first-order valence-electron chi connectivity index (χ1n) is 7.96. The molecule has 0 saturated carbocycles. The van der Waals surface area contributed by atoms with Gasteiger partial charge in [-0.1, -0.05) is 27.7 Å². The number of hydrogen-bond acceptors (Lipinski definition) is 5. The summed E-state index contributed by atoms with van der Waals surface area (Å²) in [6, 6.07) is 2.12. The molecule has 5 nitrogen and oxygen atoms in total. The largest absolute Gasteiger partial charge is 0.378 e. The van der Waals surface area contributed by atoms with Crippen molar-refractivity contribution >= 4 is 11.6 Å². The lowest BCUT2D eigenvalue weighted by Crippen LogP contribution is -2.37. The molecular weight excluding hydrogens is 264 g/mol. The van der Waals surface area contributed by atoms with Gasteiger partial charge in [-0.15, -0.1) is 0 Å². The lowest BCUT2D eigenvalue weighted by atomic mass is 10.1. The second-order valence-electron chi connectivity index (χ2n) is 6.53. The molecule has 1 fully saturated rings. The van der Waals surface area contributed by atoms with Gasteiger partial charge in [-0.3, -0.25) is 0 Å². The van der Waals surface area contributed by atoms with Crippen molar-refractivity contribution in [2.45, 2.75) is 27.7 Å². The van der Waals surface area contributed by atoms with Crippen LogP contribution >= 0.6 is 0 Å². The number of morpholine rings is 1. The summed E-state index contributed by atoms with van der Waals surface area (Å²) in [5.74, 6) is 3.28. The summed E-state index contributed by atoms with van der Waals surface area (Å²) in [5.41, 5.74) is 0. The molecule has 5 heteroatoms. The fourth-order valence-electron chi connectivity index (χ4n) is 2.62. The molecule has 0 aliphatic carbocycles. The predicted octanol–water partition coefficient (Wildman–Crippen LogP) is 2.43. The van der Waals surface area contributed by atoms with E-state index in [-0.39, 0.29) is 0 Å². The number of nitrogens with zero attached hydrogens (tertiary/aromatic N) is 4. The molecule has 1 saturated heterocycles. The van der Waals surface area contributed by atoms with E-state index in [1.54, 1.807) is 6.33 Å². The predicted molar refractivity (Wildman–Crippen MR) is 87.0 cm³/mol. The summed E-state index contributed by atoms with van der Waals surface area (Å²) in [5, 5.41) is 0. The molecule has 1 aromatic rings. The topological polar surface area (TPSA) is 41.5 Å². The van der Waals surface area contributed by atoms with Gasteiger partial charge in [-0.2, -0.15) is 0 Å². The third-order valence-corrected chi connectivity index (χ3v) is 3.47. The quantitative estimate of drug-likeness (QED) is 0.805. The van der Waals surface area contributed by atoms with Gasteiger partial charge in [0.2, 0.25) is 0 Å². The smallest absolute Gasteiger partial charge is 0.134 e. The molecular formula is C16H28N4O. The molecule has 0 amide bonds. The summed E-state index contributed by atoms with van der Waals surface area (Å²) in [6.45, 7) is 14.4. The summed E-state index contributed by atoms with van der Waals surface area (Å²) in [4.78, 5) is 13.6. The maximum absolute atomic E-state index is 5.41. The van der Waals surface area contributed by atoms with Crippen molar-refractivity contribution in [3.05, 3.63) is 12.4 Å². The zero-order valence-electron chi connectivity index (χ0n) is 13.7. The Bertz CT molecular complexity index is 420. The Balaban J connectivity index is 2.15. The molecule has 0 radical (unpaired) electrons. The highest BCUT2D eigenvalue weighted by Gasteiger charge is 2.16. The molecule has 0 aromatic carbocycles. The van der Waals surface area contributed by atoms with Gasteiger partial charge >= 0.3 is 0 Å². The molecule has 1 aromatic heterocycles. The fourth-order valence-corrected chi connectivity index (χ4v) is 2.62. The van der Waals surface area contributed by atoms with Crippen LogP contribution in [-0.2, 0) is 4.74 Å². The second kappa shape index (κ2) is 7.59. The third kappa shape index (κ3) is 4.84. The minimum absolute atomic E-state index is 0.616. The van der Waals surface area contributed by atoms with Crippen LogP contribution in [-0.4, -0.2) is 49.4 Å². The molecule has 0 N–H and O–H groups in total. The Kier molecular flexibility index (Phi) is 5.79. The summed E-state index contributed by atoms with van der Waals surface area (Å²) in [7, 11) is 0.